The fourth-order valence-electron chi connectivity index (χ4n) is 1.45. The molecule has 0 aliphatic carbocycles. The molecule has 0 fully saturated rings. The normalized spacial score (nSPS) is 10.0. The SMILES string of the molecule is N#Cc1cc(Oc2c(F)cc(N)cc2F)ccc1F. The van der Waals surface area contributed by atoms with Crippen LogP contribution in [0.15, 0.2) is 30.3 Å². The third-order valence-corrected chi connectivity index (χ3v) is 2.30. The summed E-state index contributed by atoms with van der Waals surface area (Å²) < 4.78 is 45.0. The third-order valence-electron chi connectivity index (χ3n) is 2.30. The highest BCUT2D eigenvalue weighted by Crippen LogP contribution is 2.30. The van der Waals surface area contributed by atoms with Gasteiger partial charge in [0.05, 0.1) is 5.56 Å². The second kappa shape index (κ2) is 4.90. The van der Waals surface area contributed by atoms with E-state index in [1.807, 2.05) is 0 Å². The summed E-state index contributed by atoms with van der Waals surface area (Å²) in [7, 11) is 0. The molecule has 0 radical (unpaired) electrons. The molecule has 0 unspecified atom stereocenters. The number of benzene rings is 2. The number of ether oxygens (including phenoxy) is 1. The Morgan fingerprint density at radius 3 is 2.21 bits per heavy atom. The molecule has 3 nitrogen and oxygen atoms in total. The van der Waals surface area contributed by atoms with Crippen LogP contribution in [0.1, 0.15) is 5.56 Å². The van der Waals surface area contributed by atoms with Gasteiger partial charge in [-0.15, -0.1) is 0 Å². The van der Waals surface area contributed by atoms with Crippen LogP contribution in [0.3, 0.4) is 0 Å². The van der Waals surface area contributed by atoms with E-state index in [2.05, 4.69) is 0 Å². The number of halogens is 3. The number of nitrogen functional groups attached to an aromatic ring is 1. The molecule has 6 heteroatoms. The highest BCUT2D eigenvalue weighted by molar-refractivity contribution is 5.46. The van der Waals surface area contributed by atoms with Gasteiger partial charge in [0.1, 0.15) is 17.6 Å². The molecule has 2 N–H and O–H groups in total. The second-order valence-corrected chi connectivity index (χ2v) is 3.67. The number of hydrogen-bond donors (Lipinski definition) is 1. The Labute approximate surface area is 106 Å². The lowest BCUT2D eigenvalue weighted by Crippen LogP contribution is -1.96. The lowest BCUT2D eigenvalue weighted by molar-refractivity contribution is 0.407. The van der Waals surface area contributed by atoms with Crippen molar-refractivity contribution in [3.63, 3.8) is 0 Å². The van der Waals surface area contributed by atoms with Gasteiger partial charge in [-0.2, -0.15) is 5.26 Å². The minimum Gasteiger partial charge on any atom is -0.451 e. The lowest BCUT2D eigenvalue weighted by atomic mass is 10.2. The third kappa shape index (κ3) is 2.60. The van der Waals surface area contributed by atoms with Gasteiger partial charge in [0, 0.05) is 23.9 Å². The maximum Gasteiger partial charge on any atom is 0.198 e. The molecule has 0 amide bonds. The number of rotatable bonds is 2. The van der Waals surface area contributed by atoms with Gasteiger partial charge in [0.2, 0.25) is 0 Å². The van der Waals surface area contributed by atoms with E-state index >= 15 is 0 Å². The first-order chi connectivity index (χ1) is 9.01. The topological polar surface area (TPSA) is 59.0 Å². The number of nitrogens with two attached hydrogens (primary N) is 1. The fraction of sp³-hybridized carbons (Fsp3) is 0. The van der Waals surface area contributed by atoms with Gasteiger partial charge in [0.15, 0.2) is 17.4 Å². The monoisotopic (exact) mass is 264 g/mol. The zero-order valence-corrected chi connectivity index (χ0v) is 9.45. The van der Waals surface area contributed by atoms with Gasteiger partial charge in [-0.1, -0.05) is 0 Å². The molecule has 0 bridgehead atoms. The molecule has 0 aliphatic rings. The summed E-state index contributed by atoms with van der Waals surface area (Å²) in [6.07, 6.45) is 0. The summed E-state index contributed by atoms with van der Waals surface area (Å²) in [5.41, 5.74) is 4.89. The fourth-order valence-corrected chi connectivity index (χ4v) is 1.45. The van der Waals surface area contributed by atoms with E-state index in [0.717, 1.165) is 30.3 Å². The molecular formula is C13H7F3N2O. The van der Waals surface area contributed by atoms with Crippen LogP contribution in [-0.2, 0) is 0 Å². The first-order valence-corrected chi connectivity index (χ1v) is 5.13. The van der Waals surface area contributed by atoms with Gasteiger partial charge < -0.3 is 10.5 Å². The average molecular weight is 264 g/mol. The maximum atomic E-state index is 13.5. The molecular weight excluding hydrogens is 257 g/mol. The van der Waals surface area contributed by atoms with Crippen molar-refractivity contribution in [2.45, 2.75) is 0 Å². The van der Waals surface area contributed by atoms with Crippen LogP contribution in [0, 0.1) is 28.8 Å². The minimum absolute atomic E-state index is 0.0551. The lowest BCUT2D eigenvalue weighted by Gasteiger charge is -2.09. The first-order valence-electron chi connectivity index (χ1n) is 5.13. The number of nitrogens with zero attached hydrogens (tertiary/aromatic N) is 1. The van der Waals surface area contributed by atoms with E-state index < -0.39 is 23.2 Å². The van der Waals surface area contributed by atoms with E-state index in [1.54, 1.807) is 6.07 Å². The molecule has 0 saturated carbocycles. The molecule has 2 aromatic carbocycles. The number of nitriles is 1. The van der Waals surface area contributed by atoms with Crippen LogP contribution in [0.2, 0.25) is 0 Å². The quantitative estimate of drug-likeness (QED) is 0.846. The molecule has 0 aromatic heterocycles. The Balaban J connectivity index is 2.40. The van der Waals surface area contributed by atoms with Crippen LogP contribution >= 0.6 is 0 Å². The van der Waals surface area contributed by atoms with Crippen LogP contribution < -0.4 is 10.5 Å². The summed E-state index contributed by atoms with van der Waals surface area (Å²) in [5.74, 6) is -3.43. The largest absolute Gasteiger partial charge is 0.451 e. The minimum atomic E-state index is -0.986. The number of hydrogen-bond acceptors (Lipinski definition) is 3. The summed E-state index contributed by atoms with van der Waals surface area (Å²) in [5, 5.41) is 8.64. The Hall–Kier alpha value is -2.68. The Morgan fingerprint density at radius 2 is 1.63 bits per heavy atom. The summed E-state index contributed by atoms with van der Waals surface area (Å²) in [6, 6.07) is 6.57. The van der Waals surface area contributed by atoms with Gasteiger partial charge in [0.25, 0.3) is 0 Å². The van der Waals surface area contributed by atoms with Crippen molar-refractivity contribution in [2.24, 2.45) is 0 Å². The van der Waals surface area contributed by atoms with Crippen LogP contribution in [0.4, 0.5) is 18.9 Å². The molecule has 0 atom stereocenters. The standard InChI is InChI=1S/C13H7F3N2O/c14-10-2-1-9(3-7(10)6-17)19-13-11(15)4-8(18)5-12(13)16/h1-5H,18H2. The van der Waals surface area contributed by atoms with Crippen LogP contribution in [-0.4, -0.2) is 0 Å². The second-order valence-electron chi connectivity index (χ2n) is 3.67. The summed E-state index contributed by atoms with van der Waals surface area (Å²) >= 11 is 0. The van der Waals surface area contributed by atoms with Crippen molar-refractivity contribution in [3.05, 3.63) is 53.3 Å². The van der Waals surface area contributed by atoms with Crippen LogP contribution in [0.5, 0.6) is 11.5 Å². The van der Waals surface area contributed by atoms with Crippen molar-refractivity contribution < 1.29 is 17.9 Å². The predicted octanol–water partition coefficient (Wildman–Crippen LogP) is 3.35. The Kier molecular flexibility index (Phi) is 3.29. The molecule has 0 aliphatic heterocycles. The molecule has 0 spiro atoms. The highest BCUT2D eigenvalue weighted by Gasteiger charge is 2.14. The van der Waals surface area contributed by atoms with Crippen molar-refractivity contribution >= 4 is 5.69 Å². The van der Waals surface area contributed by atoms with E-state index in [0.29, 0.717) is 0 Å². The maximum absolute atomic E-state index is 13.5. The van der Waals surface area contributed by atoms with Crippen molar-refractivity contribution in [2.75, 3.05) is 5.73 Å². The molecule has 96 valence electrons. The van der Waals surface area contributed by atoms with E-state index in [4.69, 9.17) is 15.7 Å². The van der Waals surface area contributed by atoms with E-state index in [1.165, 1.54) is 0 Å². The Bertz CT molecular complexity index is 657. The molecule has 2 rings (SSSR count). The van der Waals surface area contributed by atoms with Gasteiger partial charge in [-0.25, -0.2) is 13.2 Å². The average Bonchev–Trinajstić information content (AvgIpc) is 2.35. The van der Waals surface area contributed by atoms with Crippen molar-refractivity contribution in [1.29, 1.82) is 5.26 Å². The summed E-state index contributed by atoms with van der Waals surface area (Å²) in [4.78, 5) is 0. The zero-order valence-electron chi connectivity index (χ0n) is 9.45. The van der Waals surface area contributed by atoms with Gasteiger partial charge in [-0.05, 0) is 12.1 Å². The predicted molar refractivity (Wildman–Crippen MR) is 62.0 cm³/mol. The van der Waals surface area contributed by atoms with Crippen molar-refractivity contribution in [1.82, 2.24) is 0 Å². The van der Waals surface area contributed by atoms with Crippen molar-refractivity contribution in [3.8, 4) is 17.6 Å². The summed E-state index contributed by atoms with van der Waals surface area (Å²) in [6.45, 7) is 0. The highest BCUT2D eigenvalue weighted by atomic mass is 19.1. The van der Waals surface area contributed by atoms with E-state index in [-0.39, 0.29) is 17.0 Å². The van der Waals surface area contributed by atoms with Gasteiger partial charge >= 0.3 is 0 Å². The van der Waals surface area contributed by atoms with Crippen LogP contribution in [0.25, 0.3) is 0 Å². The molecule has 0 saturated heterocycles. The molecule has 19 heavy (non-hydrogen) atoms. The number of anilines is 1. The zero-order chi connectivity index (χ0) is 14.0. The molecule has 0 heterocycles. The Morgan fingerprint density at radius 1 is 1.00 bits per heavy atom. The first kappa shape index (κ1) is 12.8. The molecule has 2 aromatic rings. The van der Waals surface area contributed by atoms with Gasteiger partial charge in [-0.3, -0.25) is 0 Å². The smallest absolute Gasteiger partial charge is 0.198 e. The van der Waals surface area contributed by atoms with E-state index in [9.17, 15) is 13.2 Å².